The summed E-state index contributed by atoms with van der Waals surface area (Å²) in [5.41, 5.74) is 3.51. The Morgan fingerprint density at radius 3 is 2.68 bits per heavy atom. The predicted molar refractivity (Wildman–Crippen MR) is 132 cm³/mol. The number of pyridine rings is 1. The number of benzene rings is 2. The first-order valence-corrected chi connectivity index (χ1v) is 11.1. The molecule has 1 atom stereocenters. The Bertz CT molecular complexity index is 1280. The van der Waals surface area contributed by atoms with E-state index in [0.29, 0.717) is 34.0 Å². The van der Waals surface area contributed by atoms with E-state index < -0.39 is 0 Å². The van der Waals surface area contributed by atoms with Crippen LogP contribution < -0.4 is 15.4 Å². The first-order chi connectivity index (χ1) is 16.5. The van der Waals surface area contributed by atoms with Gasteiger partial charge in [-0.3, -0.25) is 10.3 Å². The van der Waals surface area contributed by atoms with Gasteiger partial charge in [0.05, 0.1) is 19.0 Å². The summed E-state index contributed by atoms with van der Waals surface area (Å²) >= 11 is 0. The summed E-state index contributed by atoms with van der Waals surface area (Å²) < 4.78 is 5.08. The second-order valence-corrected chi connectivity index (χ2v) is 8.06. The van der Waals surface area contributed by atoms with Gasteiger partial charge in [0.15, 0.2) is 17.1 Å². The van der Waals surface area contributed by atoms with Crippen molar-refractivity contribution in [3.63, 3.8) is 0 Å². The highest BCUT2D eigenvalue weighted by Crippen LogP contribution is 2.30. The molecule has 0 saturated carbocycles. The van der Waals surface area contributed by atoms with Gasteiger partial charge in [-0.1, -0.05) is 30.3 Å². The molecule has 2 aromatic heterocycles. The van der Waals surface area contributed by atoms with Gasteiger partial charge in [0.2, 0.25) is 0 Å². The number of anilines is 1. The van der Waals surface area contributed by atoms with Gasteiger partial charge in [0.1, 0.15) is 11.3 Å². The summed E-state index contributed by atoms with van der Waals surface area (Å²) in [6, 6.07) is 18.5. The third-order valence-electron chi connectivity index (χ3n) is 5.45. The van der Waals surface area contributed by atoms with Crippen LogP contribution in [0.1, 0.15) is 25.3 Å². The number of urea groups is 1. The van der Waals surface area contributed by atoms with Crippen molar-refractivity contribution in [1.29, 1.82) is 0 Å². The molecule has 3 N–H and O–H groups in total. The molecule has 0 saturated heterocycles. The van der Waals surface area contributed by atoms with Crippen molar-refractivity contribution < 1.29 is 14.6 Å². The Labute approximate surface area is 198 Å². The summed E-state index contributed by atoms with van der Waals surface area (Å²) in [7, 11) is 1.49. The molecule has 0 aliphatic carbocycles. The van der Waals surface area contributed by atoms with Crippen LogP contribution in [0.3, 0.4) is 0 Å². The normalized spacial score (nSPS) is 11.7. The maximum absolute atomic E-state index is 12.4. The summed E-state index contributed by atoms with van der Waals surface area (Å²) in [6.45, 7) is 1.99. The van der Waals surface area contributed by atoms with Crippen molar-refractivity contribution in [3.8, 4) is 22.8 Å². The minimum Gasteiger partial charge on any atom is -0.504 e. The predicted octanol–water partition coefficient (Wildman–Crippen LogP) is 4.94. The second kappa shape index (κ2) is 10.6. The molecule has 0 aliphatic rings. The second-order valence-electron chi connectivity index (χ2n) is 8.06. The lowest BCUT2D eigenvalue weighted by Crippen LogP contribution is -2.36. The molecule has 8 nitrogen and oxygen atoms in total. The lowest BCUT2D eigenvalue weighted by Gasteiger charge is -2.14. The Kier molecular flexibility index (Phi) is 7.17. The number of hydrogen-bond donors (Lipinski definition) is 3. The number of nitrogens with zero attached hydrogens (tertiary/aromatic N) is 3. The van der Waals surface area contributed by atoms with E-state index in [-0.39, 0.29) is 17.8 Å². The van der Waals surface area contributed by atoms with Crippen molar-refractivity contribution in [1.82, 2.24) is 20.3 Å². The number of phenols is 1. The van der Waals surface area contributed by atoms with E-state index in [1.165, 1.54) is 12.7 Å². The number of fused-ring (bicyclic) bond motifs is 1. The van der Waals surface area contributed by atoms with E-state index in [1.807, 2.05) is 25.1 Å². The molecule has 0 bridgehead atoms. The van der Waals surface area contributed by atoms with Gasteiger partial charge in [-0.2, -0.15) is 0 Å². The minimum absolute atomic E-state index is 0.0137. The number of hydrogen-bond acceptors (Lipinski definition) is 6. The summed E-state index contributed by atoms with van der Waals surface area (Å²) in [5, 5.41) is 15.8. The maximum atomic E-state index is 12.4. The molecular formula is C26H27N5O3. The van der Waals surface area contributed by atoms with Crippen LogP contribution in [-0.2, 0) is 6.42 Å². The van der Waals surface area contributed by atoms with Gasteiger partial charge >= 0.3 is 6.03 Å². The van der Waals surface area contributed by atoms with Crippen LogP contribution in [0, 0.1) is 0 Å². The van der Waals surface area contributed by atoms with Crippen LogP contribution in [0.5, 0.6) is 11.5 Å². The monoisotopic (exact) mass is 457 g/mol. The molecule has 0 fully saturated rings. The largest absolute Gasteiger partial charge is 0.504 e. The van der Waals surface area contributed by atoms with Crippen LogP contribution in [0.2, 0.25) is 0 Å². The van der Waals surface area contributed by atoms with Crippen LogP contribution in [0.25, 0.3) is 22.4 Å². The number of nitrogens with one attached hydrogen (secondary N) is 2. The fraction of sp³-hybridized carbons (Fsp3) is 0.231. The van der Waals surface area contributed by atoms with E-state index in [2.05, 4.69) is 37.7 Å². The quantitative estimate of drug-likeness (QED) is 0.346. The van der Waals surface area contributed by atoms with Crippen molar-refractivity contribution in [2.24, 2.45) is 0 Å². The molecule has 0 spiro atoms. The number of carbonyl (C=O) groups excluding carboxylic acids is 1. The maximum Gasteiger partial charge on any atom is 0.320 e. The molecule has 34 heavy (non-hydrogen) atoms. The first-order valence-electron chi connectivity index (χ1n) is 11.1. The van der Waals surface area contributed by atoms with Gasteiger partial charge < -0.3 is 15.2 Å². The summed E-state index contributed by atoms with van der Waals surface area (Å²) in [6.07, 6.45) is 4.45. The number of phenolic OH excluding ortho intramolecular Hbond substituents is 1. The van der Waals surface area contributed by atoms with Crippen LogP contribution >= 0.6 is 0 Å². The van der Waals surface area contributed by atoms with Crippen molar-refractivity contribution in [3.05, 3.63) is 72.4 Å². The number of rotatable bonds is 8. The number of aromatic nitrogens is 3. The van der Waals surface area contributed by atoms with Gasteiger partial charge in [-0.25, -0.2) is 14.8 Å². The van der Waals surface area contributed by atoms with Crippen molar-refractivity contribution in [2.75, 3.05) is 12.4 Å². The molecular weight excluding hydrogens is 430 g/mol. The highest BCUT2D eigenvalue weighted by atomic mass is 16.5. The Morgan fingerprint density at radius 2 is 1.91 bits per heavy atom. The number of methoxy groups -OCH3 is 1. The Balaban J connectivity index is 1.37. The molecule has 174 valence electrons. The lowest BCUT2D eigenvalue weighted by molar-refractivity contribution is 0.248. The van der Waals surface area contributed by atoms with Gasteiger partial charge in [-0.15, -0.1) is 0 Å². The van der Waals surface area contributed by atoms with Crippen molar-refractivity contribution in [2.45, 2.75) is 32.2 Å². The summed E-state index contributed by atoms with van der Waals surface area (Å²) in [5.74, 6) is 0.771. The molecule has 0 unspecified atom stereocenters. The average molecular weight is 458 g/mol. The number of aromatic hydroxyl groups is 1. The topological polar surface area (TPSA) is 109 Å². The smallest absolute Gasteiger partial charge is 0.320 e. The van der Waals surface area contributed by atoms with Gasteiger partial charge in [0, 0.05) is 11.6 Å². The molecule has 2 aromatic carbocycles. The Hall–Kier alpha value is -4.20. The lowest BCUT2D eigenvalue weighted by atomic mass is 10.1. The Morgan fingerprint density at radius 1 is 1.09 bits per heavy atom. The third-order valence-corrected chi connectivity index (χ3v) is 5.45. The zero-order chi connectivity index (χ0) is 23.9. The molecule has 4 aromatic rings. The fourth-order valence-corrected chi connectivity index (χ4v) is 3.66. The van der Waals surface area contributed by atoms with Crippen LogP contribution in [0.4, 0.5) is 10.6 Å². The standard InChI is InChI=1S/C26H27N5O3/c1-17(7-6-10-18-8-4-3-5-9-18)28-26(33)31-24-14-12-20-25(30-24)29-21(16-27-20)19-11-13-23(34-2)22(32)15-19/h3-5,8-9,11-17,32H,6-7,10H2,1-2H3,(H2,28,29,30,31,33)/t17-/m1/s1. The number of amides is 2. The van der Waals surface area contributed by atoms with E-state index in [4.69, 9.17) is 4.74 Å². The minimum atomic E-state index is -0.316. The molecule has 0 radical (unpaired) electrons. The fourth-order valence-electron chi connectivity index (χ4n) is 3.66. The van der Waals surface area contributed by atoms with E-state index in [9.17, 15) is 9.90 Å². The zero-order valence-corrected chi connectivity index (χ0v) is 19.2. The highest BCUT2D eigenvalue weighted by molar-refractivity contribution is 5.89. The van der Waals surface area contributed by atoms with Crippen LogP contribution in [-0.4, -0.2) is 39.2 Å². The molecule has 2 amide bonds. The highest BCUT2D eigenvalue weighted by Gasteiger charge is 2.11. The zero-order valence-electron chi connectivity index (χ0n) is 19.2. The van der Waals surface area contributed by atoms with E-state index >= 15 is 0 Å². The van der Waals surface area contributed by atoms with E-state index in [0.717, 1.165) is 19.3 Å². The molecule has 8 heteroatoms. The molecule has 2 heterocycles. The van der Waals surface area contributed by atoms with E-state index in [1.54, 1.807) is 36.5 Å². The number of ether oxygens (including phenoxy) is 1. The number of carbonyl (C=O) groups is 1. The summed E-state index contributed by atoms with van der Waals surface area (Å²) in [4.78, 5) is 25.8. The first kappa shape index (κ1) is 23.0. The van der Waals surface area contributed by atoms with Crippen molar-refractivity contribution >= 4 is 23.0 Å². The molecule has 4 rings (SSSR count). The molecule has 0 aliphatic heterocycles. The van der Waals surface area contributed by atoms with Gasteiger partial charge in [-0.05, 0) is 62.1 Å². The SMILES string of the molecule is COc1ccc(-c2cnc3ccc(NC(=O)N[C@H](C)CCCc4ccccc4)nc3n2)cc1O. The third kappa shape index (κ3) is 5.78. The average Bonchev–Trinajstić information content (AvgIpc) is 2.84. The van der Waals surface area contributed by atoms with Gasteiger partial charge in [0.25, 0.3) is 0 Å². The van der Waals surface area contributed by atoms with Crippen LogP contribution in [0.15, 0.2) is 66.9 Å². The number of aryl methyl sites for hydroxylation is 1.